The molecule has 2 nitrogen and oxygen atoms in total. The predicted molar refractivity (Wildman–Crippen MR) is 90.1 cm³/mol. The summed E-state index contributed by atoms with van der Waals surface area (Å²) in [5, 5.41) is 10.4. The summed E-state index contributed by atoms with van der Waals surface area (Å²) < 4.78 is 6.40. The molecule has 0 spiro atoms. The maximum atomic E-state index is 9.67. The van der Waals surface area contributed by atoms with Crippen molar-refractivity contribution in [2.45, 2.75) is 12.8 Å². The van der Waals surface area contributed by atoms with Gasteiger partial charge in [0.25, 0.3) is 0 Å². The van der Waals surface area contributed by atoms with Crippen LogP contribution in [0.3, 0.4) is 0 Å². The predicted octanol–water partition coefficient (Wildman–Crippen LogP) is 4.50. The molecular weight excluding hydrogens is 352 g/mol. The smallest absolute Gasteiger partial charge is 0.122 e. The van der Waals surface area contributed by atoms with Gasteiger partial charge >= 0.3 is 0 Å². The van der Waals surface area contributed by atoms with Gasteiger partial charge in [-0.15, -0.1) is 0 Å². The molecule has 0 amide bonds. The van der Waals surface area contributed by atoms with Crippen LogP contribution in [0.2, 0.25) is 5.02 Å². The molecule has 1 atom stereocenters. The molecule has 4 heteroatoms. The Kier molecular flexibility index (Phi) is 6.09. The van der Waals surface area contributed by atoms with E-state index >= 15 is 0 Å². The maximum Gasteiger partial charge on any atom is 0.122 e. The number of hydrogen-bond acceptors (Lipinski definition) is 2. The second-order valence-electron chi connectivity index (χ2n) is 5.04. The Bertz CT molecular complexity index is 601. The van der Waals surface area contributed by atoms with Crippen LogP contribution >= 0.6 is 27.5 Å². The molecule has 0 aliphatic carbocycles. The fourth-order valence-corrected chi connectivity index (χ4v) is 3.04. The van der Waals surface area contributed by atoms with E-state index in [2.05, 4.69) is 15.9 Å². The highest BCUT2D eigenvalue weighted by atomic mass is 79.9. The fraction of sp³-hybridized carbons (Fsp3) is 0.294. The van der Waals surface area contributed by atoms with Crippen LogP contribution in [0.4, 0.5) is 0 Å². The van der Waals surface area contributed by atoms with Gasteiger partial charge in [0.15, 0.2) is 0 Å². The van der Waals surface area contributed by atoms with Gasteiger partial charge in [0.1, 0.15) is 5.75 Å². The van der Waals surface area contributed by atoms with Gasteiger partial charge in [-0.25, -0.2) is 0 Å². The molecule has 0 saturated carbocycles. The summed E-state index contributed by atoms with van der Waals surface area (Å²) >= 11 is 9.49. The molecule has 1 unspecified atom stereocenters. The van der Waals surface area contributed by atoms with Crippen molar-refractivity contribution >= 4 is 27.5 Å². The van der Waals surface area contributed by atoms with E-state index in [0.29, 0.717) is 0 Å². The highest BCUT2D eigenvalue weighted by molar-refractivity contribution is 9.10. The summed E-state index contributed by atoms with van der Waals surface area (Å²) in [5.41, 5.74) is 2.23. The standard InChI is InChI=1S/C17H18BrClO2/c1-21-17-6-5-15(18)10-14(17)8-13(11-20)7-12-3-2-4-16(19)9-12/h2-6,9-10,13,20H,7-8,11H2,1H3. The van der Waals surface area contributed by atoms with E-state index in [1.54, 1.807) is 7.11 Å². The van der Waals surface area contributed by atoms with E-state index < -0.39 is 0 Å². The van der Waals surface area contributed by atoms with Crippen LogP contribution in [0.5, 0.6) is 5.75 Å². The van der Waals surface area contributed by atoms with E-state index in [1.807, 2.05) is 42.5 Å². The molecule has 21 heavy (non-hydrogen) atoms. The van der Waals surface area contributed by atoms with E-state index in [9.17, 15) is 5.11 Å². The maximum absolute atomic E-state index is 9.67. The molecule has 1 N–H and O–H groups in total. The number of rotatable bonds is 6. The van der Waals surface area contributed by atoms with Gasteiger partial charge in [0, 0.05) is 16.1 Å². The zero-order valence-electron chi connectivity index (χ0n) is 11.9. The molecule has 0 bridgehead atoms. The molecular formula is C17H18BrClO2. The Balaban J connectivity index is 2.14. The molecule has 0 aliphatic heterocycles. The average Bonchev–Trinajstić information content (AvgIpc) is 2.47. The van der Waals surface area contributed by atoms with Crippen molar-refractivity contribution in [2.75, 3.05) is 13.7 Å². The van der Waals surface area contributed by atoms with E-state index in [1.165, 1.54) is 0 Å². The minimum atomic E-state index is 0.127. The van der Waals surface area contributed by atoms with Crippen molar-refractivity contribution in [3.05, 3.63) is 63.1 Å². The highest BCUT2D eigenvalue weighted by Crippen LogP contribution is 2.27. The lowest BCUT2D eigenvalue weighted by atomic mass is 9.93. The first-order valence-electron chi connectivity index (χ1n) is 6.80. The van der Waals surface area contributed by atoms with Crippen molar-refractivity contribution in [2.24, 2.45) is 5.92 Å². The highest BCUT2D eigenvalue weighted by Gasteiger charge is 2.13. The van der Waals surface area contributed by atoms with Crippen LogP contribution < -0.4 is 4.74 Å². The van der Waals surface area contributed by atoms with E-state index in [-0.39, 0.29) is 12.5 Å². The van der Waals surface area contributed by atoms with Crippen LogP contribution in [-0.2, 0) is 12.8 Å². The van der Waals surface area contributed by atoms with Crippen LogP contribution in [0.25, 0.3) is 0 Å². The first-order valence-corrected chi connectivity index (χ1v) is 7.97. The monoisotopic (exact) mass is 368 g/mol. The molecule has 0 saturated heterocycles. The van der Waals surface area contributed by atoms with Gasteiger partial charge in [-0.2, -0.15) is 0 Å². The summed E-state index contributed by atoms with van der Waals surface area (Å²) in [4.78, 5) is 0. The summed E-state index contributed by atoms with van der Waals surface area (Å²) in [6.45, 7) is 0.127. The topological polar surface area (TPSA) is 29.5 Å². The summed E-state index contributed by atoms with van der Waals surface area (Å²) in [7, 11) is 1.66. The second kappa shape index (κ2) is 7.83. The third kappa shape index (κ3) is 4.73. The second-order valence-corrected chi connectivity index (χ2v) is 6.40. The number of benzene rings is 2. The number of hydrogen-bond donors (Lipinski definition) is 1. The Morgan fingerprint density at radius 2 is 2.00 bits per heavy atom. The molecule has 0 aromatic heterocycles. The van der Waals surface area contributed by atoms with Gasteiger partial charge in [0.05, 0.1) is 7.11 Å². The number of aliphatic hydroxyl groups is 1. The molecule has 0 radical (unpaired) electrons. The number of aliphatic hydroxyl groups excluding tert-OH is 1. The van der Waals surface area contributed by atoms with Gasteiger partial charge in [-0.3, -0.25) is 0 Å². The van der Waals surface area contributed by atoms with Gasteiger partial charge in [-0.05, 0) is 60.2 Å². The lowest BCUT2D eigenvalue weighted by molar-refractivity contribution is 0.224. The lowest BCUT2D eigenvalue weighted by Crippen LogP contribution is -2.13. The summed E-state index contributed by atoms with van der Waals surface area (Å²) in [6, 6.07) is 13.7. The normalized spacial score (nSPS) is 12.2. The largest absolute Gasteiger partial charge is 0.496 e. The summed E-state index contributed by atoms with van der Waals surface area (Å²) in [5.74, 6) is 0.981. The summed E-state index contributed by atoms with van der Waals surface area (Å²) in [6.07, 6.45) is 1.54. The lowest BCUT2D eigenvalue weighted by Gasteiger charge is -2.17. The SMILES string of the molecule is COc1ccc(Br)cc1CC(CO)Cc1cccc(Cl)c1. The van der Waals surface area contributed by atoms with Crippen LogP contribution in [0, 0.1) is 5.92 Å². The minimum Gasteiger partial charge on any atom is -0.496 e. The fourth-order valence-electron chi connectivity index (χ4n) is 2.42. The Labute approximate surface area is 138 Å². The first kappa shape index (κ1) is 16.3. The average molecular weight is 370 g/mol. The van der Waals surface area contributed by atoms with Gasteiger partial charge < -0.3 is 9.84 Å². The Hall–Kier alpha value is -1.03. The van der Waals surface area contributed by atoms with Crippen molar-refractivity contribution in [1.82, 2.24) is 0 Å². The first-order chi connectivity index (χ1) is 10.1. The molecule has 0 fully saturated rings. The third-order valence-electron chi connectivity index (χ3n) is 3.42. The van der Waals surface area contributed by atoms with E-state index in [0.717, 1.165) is 39.2 Å². The van der Waals surface area contributed by atoms with E-state index in [4.69, 9.17) is 16.3 Å². The van der Waals surface area contributed by atoms with Crippen LogP contribution in [0.15, 0.2) is 46.9 Å². The molecule has 0 aliphatic rings. The molecule has 112 valence electrons. The third-order valence-corrected chi connectivity index (χ3v) is 4.15. The number of ether oxygens (including phenoxy) is 1. The van der Waals surface area contributed by atoms with Crippen molar-refractivity contribution in [3.63, 3.8) is 0 Å². The molecule has 0 heterocycles. The van der Waals surface area contributed by atoms with Crippen molar-refractivity contribution in [1.29, 1.82) is 0 Å². The Morgan fingerprint density at radius 3 is 2.67 bits per heavy atom. The zero-order chi connectivity index (χ0) is 15.2. The van der Waals surface area contributed by atoms with Crippen LogP contribution in [-0.4, -0.2) is 18.8 Å². The quantitative estimate of drug-likeness (QED) is 0.812. The van der Waals surface area contributed by atoms with Gasteiger partial charge in [0.2, 0.25) is 0 Å². The zero-order valence-corrected chi connectivity index (χ0v) is 14.2. The molecule has 2 rings (SSSR count). The Morgan fingerprint density at radius 1 is 1.19 bits per heavy atom. The number of methoxy groups -OCH3 is 1. The molecule has 2 aromatic carbocycles. The molecule has 2 aromatic rings. The minimum absolute atomic E-state index is 0.127. The van der Waals surface area contributed by atoms with Gasteiger partial charge in [-0.1, -0.05) is 39.7 Å². The number of halogens is 2. The van der Waals surface area contributed by atoms with Crippen LogP contribution in [0.1, 0.15) is 11.1 Å². The van der Waals surface area contributed by atoms with Crippen molar-refractivity contribution in [3.8, 4) is 5.75 Å². The van der Waals surface area contributed by atoms with Crippen molar-refractivity contribution < 1.29 is 9.84 Å².